The second-order valence-corrected chi connectivity index (χ2v) is 5.82. The van der Waals surface area contributed by atoms with Crippen LogP contribution in [0.3, 0.4) is 0 Å². The summed E-state index contributed by atoms with van der Waals surface area (Å²) in [6.45, 7) is 2.56. The van der Waals surface area contributed by atoms with Crippen LogP contribution in [0, 0.1) is 6.92 Å². The molecule has 0 unspecified atom stereocenters. The first-order chi connectivity index (χ1) is 10.7. The Hall–Kier alpha value is -2.36. The quantitative estimate of drug-likeness (QED) is 0.926. The van der Waals surface area contributed by atoms with Gasteiger partial charge in [-0.3, -0.25) is 9.59 Å². The van der Waals surface area contributed by atoms with E-state index in [1.165, 1.54) is 0 Å². The molecule has 2 heterocycles. The van der Waals surface area contributed by atoms with E-state index in [2.05, 4.69) is 4.98 Å². The molecule has 4 nitrogen and oxygen atoms in total. The predicted molar refractivity (Wildman–Crippen MR) is 85.9 cm³/mol. The Morgan fingerprint density at radius 1 is 1.23 bits per heavy atom. The second-order valence-electron chi connectivity index (χ2n) is 5.82. The van der Waals surface area contributed by atoms with Crippen molar-refractivity contribution in [3.8, 4) is 0 Å². The number of pyridine rings is 1. The van der Waals surface area contributed by atoms with E-state index >= 15 is 0 Å². The van der Waals surface area contributed by atoms with Gasteiger partial charge < -0.3 is 9.88 Å². The third kappa shape index (κ3) is 2.82. The largest absolute Gasteiger partial charge is 0.332 e. The lowest BCUT2D eigenvalue weighted by Crippen LogP contribution is -2.38. The van der Waals surface area contributed by atoms with Gasteiger partial charge in [-0.15, -0.1) is 0 Å². The number of hydrogen-bond acceptors (Lipinski definition) is 2. The van der Waals surface area contributed by atoms with Crippen LogP contribution in [0.1, 0.15) is 46.8 Å². The normalized spacial score (nSPS) is 18.2. The highest BCUT2D eigenvalue weighted by atomic mass is 16.2. The molecule has 1 aliphatic heterocycles. The monoisotopic (exact) mass is 296 g/mol. The molecule has 1 saturated heterocycles. The molecule has 4 heteroatoms. The number of amides is 1. The standard InChI is InChI=1S/C18H20N2O2/c1-13-11-15(12-19-17(13)21)16-9-5-6-10-20(16)18(22)14-7-3-2-4-8-14/h2-4,7-8,11-12,16H,5-6,9-10H2,1H3,(H,19,21)/t16-/m1/s1. The molecule has 1 N–H and O–H groups in total. The number of aryl methyl sites for hydroxylation is 1. The van der Waals surface area contributed by atoms with E-state index in [1.54, 1.807) is 13.1 Å². The molecule has 1 aromatic carbocycles. The summed E-state index contributed by atoms with van der Waals surface area (Å²) in [7, 11) is 0. The van der Waals surface area contributed by atoms with Crippen LogP contribution in [0.4, 0.5) is 0 Å². The van der Waals surface area contributed by atoms with Gasteiger partial charge in [0.25, 0.3) is 11.5 Å². The molecule has 0 radical (unpaired) electrons. The van der Waals surface area contributed by atoms with Crippen molar-refractivity contribution in [3.63, 3.8) is 0 Å². The van der Waals surface area contributed by atoms with Gasteiger partial charge >= 0.3 is 0 Å². The summed E-state index contributed by atoms with van der Waals surface area (Å²) in [5.74, 6) is 0.0640. The van der Waals surface area contributed by atoms with E-state index in [1.807, 2.05) is 41.3 Å². The first-order valence-corrected chi connectivity index (χ1v) is 7.72. The Balaban J connectivity index is 1.92. The van der Waals surface area contributed by atoms with E-state index in [9.17, 15) is 9.59 Å². The van der Waals surface area contributed by atoms with Gasteiger partial charge in [-0.1, -0.05) is 18.2 Å². The van der Waals surface area contributed by atoms with Crippen LogP contribution >= 0.6 is 0 Å². The summed E-state index contributed by atoms with van der Waals surface area (Å²) in [6, 6.07) is 11.3. The topological polar surface area (TPSA) is 53.2 Å². The summed E-state index contributed by atoms with van der Waals surface area (Å²) in [6.07, 6.45) is 4.81. The van der Waals surface area contributed by atoms with Crippen molar-refractivity contribution in [1.82, 2.24) is 9.88 Å². The highest BCUT2D eigenvalue weighted by Crippen LogP contribution is 2.31. The van der Waals surface area contributed by atoms with Crippen molar-refractivity contribution in [2.45, 2.75) is 32.2 Å². The Morgan fingerprint density at radius 3 is 2.73 bits per heavy atom. The minimum atomic E-state index is -0.0690. The lowest BCUT2D eigenvalue weighted by Gasteiger charge is -2.36. The Labute approximate surface area is 129 Å². The number of H-pyrrole nitrogens is 1. The molecule has 0 aliphatic carbocycles. The van der Waals surface area contributed by atoms with Crippen molar-refractivity contribution >= 4 is 5.91 Å². The molecule has 1 aliphatic rings. The third-order valence-electron chi connectivity index (χ3n) is 4.28. The van der Waals surface area contributed by atoms with Crippen molar-refractivity contribution < 1.29 is 4.79 Å². The summed E-state index contributed by atoms with van der Waals surface area (Å²) >= 11 is 0. The molecule has 1 amide bonds. The summed E-state index contributed by atoms with van der Waals surface area (Å²) in [5, 5.41) is 0. The van der Waals surface area contributed by atoms with Crippen LogP contribution < -0.4 is 5.56 Å². The van der Waals surface area contributed by atoms with Crippen LogP contribution in [0.2, 0.25) is 0 Å². The van der Waals surface area contributed by atoms with Gasteiger partial charge in [-0.2, -0.15) is 0 Å². The fourth-order valence-electron chi connectivity index (χ4n) is 3.08. The lowest BCUT2D eigenvalue weighted by molar-refractivity contribution is 0.0611. The van der Waals surface area contributed by atoms with Crippen LogP contribution in [-0.2, 0) is 0 Å². The number of likely N-dealkylation sites (tertiary alicyclic amines) is 1. The number of carbonyl (C=O) groups excluding carboxylic acids is 1. The van der Waals surface area contributed by atoms with E-state index in [0.717, 1.165) is 36.9 Å². The average molecular weight is 296 g/mol. The van der Waals surface area contributed by atoms with Crippen LogP contribution in [0.5, 0.6) is 0 Å². The van der Waals surface area contributed by atoms with E-state index in [4.69, 9.17) is 0 Å². The van der Waals surface area contributed by atoms with Crippen molar-refractivity contribution in [2.75, 3.05) is 6.54 Å². The predicted octanol–water partition coefficient (Wildman–Crippen LogP) is 3.05. The minimum absolute atomic E-state index is 0.0389. The van der Waals surface area contributed by atoms with Gasteiger partial charge in [0, 0.05) is 23.9 Å². The average Bonchev–Trinajstić information content (AvgIpc) is 2.57. The lowest BCUT2D eigenvalue weighted by atomic mass is 9.95. The van der Waals surface area contributed by atoms with Crippen LogP contribution in [0.25, 0.3) is 0 Å². The molecule has 2 aromatic rings. The SMILES string of the molecule is Cc1cc([C@H]2CCCCN2C(=O)c2ccccc2)c[nH]c1=O. The molecule has 114 valence electrons. The fraction of sp³-hybridized carbons (Fsp3) is 0.333. The molecule has 1 atom stereocenters. The number of rotatable bonds is 2. The minimum Gasteiger partial charge on any atom is -0.332 e. The molecule has 0 saturated carbocycles. The van der Waals surface area contributed by atoms with Crippen LogP contribution in [-0.4, -0.2) is 22.3 Å². The maximum Gasteiger partial charge on any atom is 0.254 e. The Kier molecular flexibility index (Phi) is 4.09. The van der Waals surface area contributed by atoms with Gasteiger partial charge in [-0.05, 0) is 49.9 Å². The van der Waals surface area contributed by atoms with Gasteiger partial charge in [-0.25, -0.2) is 0 Å². The van der Waals surface area contributed by atoms with Crippen molar-refractivity contribution in [1.29, 1.82) is 0 Å². The van der Waals surface area contributed by atoms with Gasteiger partial charge in [0.2, 0.25) is 0 Å². The first kappa shape index (κ1) is 14.6. The van der Waals surface area contributed by atoms with Crippen molar-refractivity contribution in [2.24, 2.45) is 0 Å². The molecule has 0 spiro atoms. The molecular formula is C18H20N2O2. The number of piperidine rings is 1. The van der Waals surface area contributed by atoms with E-state index < -0.39 is 0 Å². The molecule has 3 rings (SSSR count). The molecule has 1 aromatic heterocycles. The smallest absolute Gasteiger partial charge is 0.254 e. The Morgan fingerprint density at radius 2 is 2.00 bits per heavy atom. The number of aromatic amines is 1. The summed E-state index contributed by atoms with van der Waals surface area (Å²) in [4.78, 5) is 29.1. The van der Waals surface area contributed by atoms with Gasteiger partial charge in [0.05, 0.1) is 6.04 Å². The molecule has 0 bridgehead atoms. The zero-order chi connectivity index (χ0) is 15.5. The number of nitrogens with zero attached hydrogens (tertiary/aromatic N) is 1. The van der Waals surface area contributed by atoms with Crippen molar-refractivity contribution in [3.05, 3.63) is 69.6 Å². The highest BCUT2D eigenvalue weighted by Gasteiger charge is 2.28. The molecule has 1 fully saturated rings. The molecular weight excluding hydrogens is 276 g/mol. The third-order valence-corrected chi connectivity index (χ3v) is 4.28. The zero-order valence-corrected chi connectivity index (χ0v) is 12.7. The van der Waals surface area contributed by atoms with E-state index in [0.29, 0.717) is 5.56 Å². The first-order valence-electron chi connectivity index (χ1n) is 7.72. The fourth-order valence-corrected chi connectivity index (χ4v) is 3.08. The maximum absolute atomic E-state index is 12.8. The second kappa shape index (κ2) is 6.18. The van der Waals surface area contributed by atoms with Crippen LogP contribution in [0.15, 0.2) is 47.4 Å². The number of aromatic nitrogens is 1. The number of carbonyl (C=O) groups is 1. The Bertz CT molecular complexity index is 721. The van der Waals surface area contributed by atoms with Gasteiger partial charge in [0.1, 0.15) is 0 Å². The number of hydrogen-bond donors (Lipinski definition) is 1. The summed E-state index contributed by atoms with van der Waals surface area (Å²) in [5.41, 5.74) is 2.35. The zero-order valence-electron chi connectivity index (χ0n) is 12.7. The number of nitrogens with one attached hydrogen (secondary N) is 1. The van der Waals surface area contributed by atoms with Gasteiger partial charge in [0.15, 0.2) is 0 Å². The number of benzene rings is 1. The molecule has 22 heavy (non-hydrogen) atoms. The summed E-state index contributed by atoms with van der Waals surface area (Å²) < 4.78 is 0. The maximum atomic E-state index is 12.8. The highest BCUT2D eigenvalue weighted by molar-refractivity contribution is 5.94. The van der Waals surface area contributed by atoms with E-state index in [-0.39, 0.29) is 17.5 Å².